The summed E-state index contributed by atoms with van der Waals surface area (Å²) >= 11 is 0. The fourth-order valence-corrected chi connectivity index (χ4v) is 4.77. The molecule has 0 radical (unpaired) electrons. The van der Waals surface area contributed by atoms with Crippen molar-refractivity contribution in [2.45, 2.75) is 0 Å². The number of hydrogen-bond donors (Lipinski definition) is 0. The topological polar surface area (TPSA) is 36.9 Å². The Morgan fingerprint density at radius 2 is 0.889 bits per heavy atom. The van der Waals surface area contributed by atoms with Crippen LogP contribution in [-0.4, -0.2) is 6.66 Å². The van der Waals surface area contributed by atoms with Crippen molar-refractivity contribution in [3.63, 3.8) is 0 Å². The summed E-state index contributed by atoms with van der Waals surface area (Å²) in [6, 6.07) is 14.9. The Labute approximate surface area is 104 Å². The summed E-state index contributed by atoms with van der Waals surface area (Å²) in [7, 11) is -3.56. The van der Waals surface area contributed by atoms with Gasteiger partial charge in [-0.2, -0.15) is 0 Å². The Bertz CT molecular complexity index is 542. The van der Waals surface area contributed by atoms with Gasteiger partial charge in [-0.1, -0.05) is 0 Å². The van der Waals surface area contributed by atoms with Gasteiger partial charge in [0.1, 0.15) is 0 Å². The van der Waals surface area contributed by atoms with Crippen LogP contribution in [0.1, 0.15) is 0 Å². The van der Waals surface area contributed by atoms with Crippen molar-refractivity contribution in [1.82, 2.24) is 0 Å². The summed E-state index contributed by atoms with van der Waals surface area (Å²) < 4.78 is 23.6. The zero-order valence-electron chi connectivity index (χ0n) is 9.70. The van der Waals surface area contributed by atoms with Crippen LogP contribution >= 0.6 is 7.51 Å². The zero-order valence-corrected chi connectivity index (χ0v) is 10.6. The maximum atomic E-state index is 5.89. The molecule has 92 valence electrons. The SMILES string of the molecule is CP12(Oc3ccccc3O1)Oc1ccccc1O2. The van der Waals surface area contributed by atoms with E-state index in [1.165, 1.54) is 0 Å². The van der Waals surface area contributed by atoms with Crippen molar-refractivity contribution in [3.05, 3.63) is 48.5 Å². The molecule has 2 aromatic rings. The van der Waals surface area contributed by atoms with Gasteiger partial charge in [-0.05, 0) is 0 Å². The standard InChI is InChI=1S/C13H11O4P/c1-18(14-10-6-2-3-7-11(10)15-18)16-12-8-4-5-9-13(12)17-18/h2-9H,1H3. The van der Waals surface area contributed by atoms with Gasteiger partial charge in [-0.15, -0.1) is 0 Å². The van der Waals surface area contributed by atoms with Crippen molar-refractivity contribution < 1.29 is 18.1 Å². The molecule has 2 heterocycles. The Morgan fingerprint density at radius 1 is 0.611 bits per heavy atom. The van der Waals surface area contributed by atoms with E-state index in [2.05, 4.69) is 0 Å². The first-order valence-corrected chi connectivity index (χ1v) is 8.00. The van der Waals surface area contributed by atoms with Gasteiger partial charge in [0.05, 0.1) is 0 Å². The predicted octanol–water partition coefficient (Wildman–Crippen LogP) is 3.77. The molecule has 0 amide bonds. The molecule has 0 aromatic heterocycles. The first-order chi connectivity index (χ1) is 8.64. The average molecular weight is 262 g/mol. The second-order valence-electron chi connectivity index (χ2n) is 4.44. The van der Waals surface area contributed by atoms with E-state index in [1.54, 1.807) is 6.66 Å². The van der Waals surface area contributed by atoms with E-state index in [9.17, 15) is 0 Å². The first-order valence-electron chi connectivity index (χ1n) is 5.65. The van der Waals surface area contributed by atoms with E-state index in [-0.39, 0.29) is 0 Å². The summed E-state index contributed by atoms with van der Waals surface area (Å²) in [6.45, 7) is 1.76. The number of benzene rings is 2. The molecule has 0 aliphatic carbocycles. The third kappa shape index (κ3) is 1.24. The van der Waals surface area contributed by atoms with E-state index in [0.717, 1.165) is 0 Å². The van der Waals surface area contributed by atoms with Gasteiger partial charge in [0, 0.05) is 0 Å². The molecular formula is C13H11O4P. The number of hydrogen-bond acceptors (Lipinski definition) is 4. The molecule has 5 heteroatoms. The molecule has 0 bridgehead atoms. The third-order valence-corrected chi connectivity index (χ3v) is 5.32. The molecule has 0 fully saturated rings. The van der Waals surface area contributed by atoms with Gasteiger partial charge in [-0.3, -0.25) is 0 Å². The minimum atomic E-state index is -3.56. The molecule has 2 aliphatic rings. The van der Waals surface area contributed by atoms with E-state index in [4.69, 9.17) is 18.1 Å². The van der Waals surface area contributed by atoms with Gasteiger partial charge in [0.15, 0.2) is 0 Å². The monoisotopic (exact) mass is 262 g/mol. The normalized spacial score (nSPS) is 22.4. The molecule has 0 atom stereocenters. The Morgan fingerprint density at radius 3 is 1.17 bits per heavy atom. The number of rotatable bonds is 0. The third-order valence-electron chi connectivity index (χ3n) is 2.90. The summed E-state index contributed by atoms with van der Waals surface area (Å²) in [6.07, 6.45) is 0. The van der Waals surface area contributed by atoms with Crippen molar-refractivity contribution in [3.8, 4) is 23.0 Å². The van der Waals surface area contributed by atoms with Crippen LogP contribution in [0.3, 0.4) is 0 Å². The van der Waals surface area contributed by atoms with Crippen molar-refractivity contribution in [2.24, 2.45) is 0 Å². The molecule has 0 unspecified atom stereocenters. The molecule has 2 aliphatic heterocycles. The zero-order chi connectivity index (χ0) is 12.2. The van der Waals surface area contributed by atoms with E-state index < -0.39 is 7.51 Å². The van der Waals surface area contributed by atoms with Crippen LogP contribution in [0.4, 0.5) is 0 Å². The second kappa shape index (κ2) is 2.90. The van der Waals surface area contributed by atoms with Crippen LogP contribution in [0.15, 0.2) is 48.5 Å². The summed E-state index contributed by atoms with van der Waals surface area (Å²) in [5, 5.41) is 0. The van der Waals surface area contributed by atoms with Crippen molar-refractivity contribution >= 4 is 7.51 Å². The van der Waals surface area contributed by atoms with Crippen LogP contribution in [0.25, 0.3) is 0 Å². The van der Waals surface area contributed by atoms with Gasteiger partial charge < -0.3 is 0 Å². The first kappa shape index (κ1) is 10.0. The molecule has 0 saturated heterocycles. The Hall–Kier alpha value is -1.93. The summed E-state index contributed by atoms with van der Waals surface area (Å²) in [4.78, 5) is 0. The van der Waals surface area contributed by atoms with E-state index in [0.29, 0.717) is 23.0 Å². The molecule has 2 aromatic carbocycles. The second-order valence-corrected chi connectivity index (χ2v) is 7.52. The Balaban J connectivity index is 1.80. The molecule has 4 nitrogen and oxygen atoms in total. The predicted molar refractivity (Wildman–Crippen MR) is 68.2 cm³/mol. The fourth-order valence-electron chi connectivity index (χ4n) is 2.19. The van der Waals surface area contributed by atoms with Crippen LogP contribution in [-0.2, 0) is 0 Å². The molecule has 18 heavy (non-hydrogen) atoms. The van der Waals surface area contributed by atoms with Crippen LogP contribution in [0.2, 0.25) is 0 Å². The van der Waals surface area contributed by atoms with Gasteiger partial charge in [0.2, 0.25) is 0 Å². The summed E-state index contributed by atoms with van der Waals surface area (Å²) in [5.74, 6) is 2.63. The van der Waals surface area contributed by atoms with Crippen molar-refractivity contribution in [2.75, 3.05) is 6.66 Å². The molecule has 0 saturated carbocycles. The maximum absolute atomic E-state index is 5.89. The Kier molecular flexibility index (Phi) is 1.62. The molecule has 0 N–H and O–H groups in total. The fraction of sp³-hybridized carbons (Fsp3) is 0.0769. The average Bonchev–Trinajstić information content (AvgIpc) is 2.81. The minimum absolute atomic E-state index is 0.658. The van der Waals surface area contributed by atoms with Crippen LogP contribution < -0.4 is 18.1 Å². The van der Waals surface area contributed by atoms with E-state index in [1.807, 2.05) is 48.5 Å². The molecular weight excluding hydrogens is 251 g/mol. The van der Waals surface area contributed by atoms with Crippen LogP contribution in [0, 0.1) is 0 Å². The molecule has 1 spiro atoms. The van der Waals surface area contributed by atoms with E-state index >= 15 is 0 Å². The molecule has 4 rings (SSSR count). The van der Waals surface area contributed by atoms with Gasteiger partial charge in [-0.25, -0.2) is 0 Å². The quantitative estimate of drug-likeness (QED) is 0.677. The number of para-hydroxylation sites is 4. The van der Waals surface area contributed by atoms with Crippen LogP contribution in [0.5, 0.6) is 23.0 Å². The van der Waals surface area contributed by atoms with Crippen molar-refractivity contribution in [1.29, 1.82) is 0 Å². The van der Waals surface area contributed by atoms with Gasteiger partial charge >= 0.3 is 104 Å². The summed E-state index contributed by atoms with van der Waals surface area (Å²) in [5.41, 5.74) is 0. The number of fused-ring (bicyclic) bond motifs is 2. The van der Waals surface area contributed by atoms with Gasteiger partial charge in [0.25, 0.3) is 0 Å².